The number of hydrogen-bond donors (Lipinski definition) is 1. The van der Waals surface area contributed by atoms with E-state index in [9.17, 15) is 12.9 Å². The number of thiol groups is 1. The molecule has 0 aliphatic rings. The zero-order valence-corrected chi connectivity index (χ0v) is 8.07. The predicted octanol–water partition coefficient (Wildman–Crippen LogP) is 2.21. The van der Waals surface area contributed by atoms with Crippen LogP contribution in [0.25, 0.3) is 0 Å². The van der Waals surface area contributed by atoms with E-state index >= 15 is 0 Å². The molecule has 0 nitrogen and oxygen atoms in total. The van der Waals surface area contributed by atoms with Gasteiger partial charge in [-0.05, 0) is 11.6 Å². The Morgan fingerprint density at radius 1 is 1.29 bits per heavy atom. The summed E-state index contributed by atoms with van der Waals surface area (Å²) in [6.45, 7) is -4.97. The average Bonchev–Trinajstić information content (AvgIpc) is 2.02. The van der Waals surface area contributed by atoms with Crippen LogP contribution in [-0.2, 0) is 6.42 Å². The first-order chi connectivity index (χ1) is 6.43. The topological polar surface area (TPSA) is 0 Å². The molecule has 0 radical (unpaired) electrons. The largest absolute Gasteiger partial charge is 0.509 e. The summed E-state index contributed by atoms with van der Waals surface area (Å²) >= 11 is 3.89. The van der Waals surface area contributed by atoms with Gasteiger partial charge < -0.3 is 12.9 Å². The van der Waals surface area contributed by atoms with E-state index in [1.807, 2.05) is 0 Å². The van der Waals surface area contributed by atoms with Crippen molar-refractivity contribution in [1.82, 2.24) is 0 Å². The van der Waals surface area contributed by atoms with E-state index in [-0.39, 0.29) is 11.3 Å². The van der Waals surface area contributed by atoms with E-state index < -0.39 is 12.4 Å². The van der Waals surface area contributed by atoms with Crippen LogP contribution in [0.1, 0.15) is 5.56 Å². The predicted molar refractivity (Wildman–Crippen MR) is 54.9 cm³/mol. The van der Waals surface area contributed by atoms with Crippen molar-refractivity contribution in [3.8, 4) is 12.3 Å². The first-order valence-electron chi connectivity index (χ1n) is 3.89. The highest BCUT2D eigenvalue weighted by atomic mass is 32.1. The molecular formula is C9H7BF3S-. The van der Waals surface area contributed by atoms with Gasteiger partial charge in [0.25, 0.3) is 0 Å². The van der Waals surface area contributed by atoms with Gasteiger partial charge >= 0.3 is 6.98 Å². The quantitative estimate of drug-likeness (QED) is 0.436. The Balaban J connectivity index is 3.15. The van der Waals surface area contributed by atoms with Crippen molar-refractivity contribution in [1.29, 1.82) is 0 Å². The fraction of sp³-hybridized carbons (Fsp3) is 0.111. The molecular weight excluding hydrogens is 208 g/mol. The fourth-order valence-corrected chi connectivity index (χ4v) is 1.42. The van der Waals surface area contributed by atoms with Crippen LogP contribution in [0.4, 0.5) is 12.9 Å². The molecule has 74 valence electrons. The number of terminal acetylenes is 1. The maximum atomic E-state index is 12.4. The Bertz CT molecular complexity index is 379. The lowest BCUT2D eigenvalue weighted by molar-refractivity contribution is 0.500. The average molecular weight is 215 g/mol. The Hall–Kier alpha value is -1.02. The van der Waals surface area contributed by atoms with Crippen molar-refractivity contribution >= 4 is 25.1 Å². The van der Waals surface area contributed by atoms with Crippen molar-refractivity contribution in [2.45, 2.75) is 11.3 Å². The number of benzene rings is 1. The Kier molecular flexibility index (Phi) is 3.17. The molecule has 0 amide bonds. The van der Waals surface area contributed by atoms with Gasteiger partial charge in [-0.1, -0.05) is 12.1 Å². The molecule has 0 heterocycles. The van der Waals surface area contributed by atoms with E-state index in [1.165, 1.54) is 6.07 Å². The summed E-state index contributed by atoms with van der Waals surface area (Å²) in [6.07, 6.45) is 5.21. The summed E-state index contributed by atoms with van der Waals surface area (Å²) in [5.74, 6) is 2.30. The highest BCUT2D eigenvalue weighted by molar-refractivity contribution is 7.80. The van der Waals surface area contributed by atoms with Crippen molar-refractivity contribution in [3.63, 3.8) is 0 Å². The van der Waals surface area contributed by atoms with Gasteiger partial charge in [0.15, 0.2) is 0 Å². The normalized spacial score (nSPS) is 11.1. The maximum Gasteiger partial charge on any atom is 0.509 e. The van der Waals surface area contributed by atoms with Crippen molar-refractivity contribution in [3.05, 3.63) is 23.8 Å². The molecule has 1 aromatic rings. The minimum atomic E-state index is -4.97. The van der Waals surface area contributed by atoms with Crippen LogP contribution in [0.2, 0.25) is 0 Å². The van der Waals surface area contributed by atoms with Gasteiger partial charge in [-0.15, -0.1) is 30.4 Å². The van der Waals surface area contributed by atoms with Crippen LogP contribution in [0, 0.1) is 12.3 Å². The van der Waals surface area contributed by atoms with E-state index in [2.05, 4.69) is 18.5 Å². The number of halogens is 3. The van der Waals surface area contributed by atoms with Gasteiger partial charge in [0.1, 0.15) is 0 Å². The first-order valence-corrected chi connectivity index (χ1v) is 4.34. The molecule has 1 aromatic carbocycles. The SMILES string of the molecule is C#CCc1cc(S)cc([B-](F)(F)F)c1. The number of hydrogen-bond acceptors (Lipinski definition) is 1. The maximum absolute atomic E-state index is 12.4. The summed E-state index contributed by atoms with van der Waals surface area (Å²) in [6, 6.07) is 3.61. The molecule has 0 saturated carbocycles. The second kappa shape index (κ2) is 4.01. The van der Waals surface area contributed by atoms with Gasteiger partial charge in [-0.25, -0.2) is 0 Å². The smallest absolute Gasteiger partial charge is 0.445 e. The Morgan fingerprint density at radius 3 is 2.43 bits per heavy atom. The van der Waals surface area contributed by atoms with E-state index in [0.717, 1.165) is 12.1 Å². The molecule has 5 heteroatoms. The zero-order chi connectivity index (χ0) is 10.8. The molecule has 0 saturated heterocycles. The summed E-state index contributed by atoms with van der Waals surface area (Å²) < 4.78 is 37.1. The summed E-state index contributed by atoms with van der Waals surface area (Å²) in [5.41, 5.74) is -0.183. The summed E-state index contributed by atoms with van der Waals surface area (Å²) in [5, 5.41) is 0. The molecule has 0 aliphatic heterocycles. The summed E-state index contributed by atoms with van der Waals surface area (Å²) in [4.78, 5) is 0.284. The van der Waals surface area contributed by atoms with Gasteiger partial charge in [-0.3, -0.25) is 0 Å². The Labute approximate surface area is 86.0 Å². The van der Waals surface area contributed by atoms with E-state index in [4.69, 9.17) is 6.42 Å². The minimum absolute atomic E-state index is 0.188. The first kappa shape index (κ1) is 11.1. The van der Waals surface area contributed by atoms with E-state index in [1.54, 1.807) is 0 Å². The van der Waals surface area contributed by atoms with Crippen LogP contribution < -0.4 is 5.46 Å². The van der Waals surface area contributed by atoms with Crippen molar-refractivity contribution in [2.75, 3.05) is 0 Å². The molecule has 0 atom stereocenters. The van der Waals surface area contributed by atoms with Crippen LogP contribution in [-0.4, -0.2) is 6.98 Å². The third-order valence-electron chi connectivity index (χ3n) is 1.68. The molecule has 0 aromatic heterocycles. The molecule has 0 N–H and O–H groups in total. The lowest BCUT2D eigenvalue weighted by Crippen LogP contribution is -2.34. The third kappa shape index (κ3) is 2.74. The molecule has 14 heavy (non-hydrogen) atoms. The zero-order valence-electron chi connectivity index (χ0n) is 7.17. The monoisotopic (exact) mass is 215 g/mol. The van der Waals surface area contributed by atoms with Gasteiger partial charge in [0.05, 0.1) is 0 Å². The van der Waals surface area contributed by atoms with Crippen molar-refractivity contribution < 1.29 is 12.9 Å². The lowest BCUT2D eigenvalue weighted by atomic mass is 9.79. The lowest BCUT2D eigenvalue weighted by Gasteiger charge is -2.16. The molecule has 1 rings (SSSR count). The van der Waals surface area contributed by atoms with Crippen LogP contribution in [0.15, 0.2) is 23.1 Å². The second-order valence-electron chi connectivity index (χ2n) is 2.89. The minimum Gasteiger partial charge on any atom is -0.445 e. The summed E-state index contributed by atoms with van der Waals surface area (Å²) in [7, 11) is 0. The fourth-order valence-electron chi connectivity index (χ4n) is 1.11. The van der Waals surface area contributed by atoms with Gasteiger partial charge in [0.2, 0.25) is 0 Å². The molecule has 0 unspecified atom stereocenters. The molecule has 0 aliphatic carbocycles. The Morgan fingerprint density at radius 2 is 1.93 bits per heavy atom. The number of rotatable bonds is 2. The highest BCUT2D eigenvalue weighted by Gasteiger charge is 2.25. The second-order valence-corrected chi connectivity index (χ2v) is 3.40. The highest BCUT2D eigenvalue weighted by Crippen LogP contribution is 2.14. The molecule has 0 bridgehead atoms. The van der Waals surface area contributed by atoms with Crippen LogP contribution >= 0.6 is 12.6 Å². The van der Waals surface area contributed by atoms with Gasteiger partial charge in [-0.2, -0.15) is 0 Å². The van der Waals surface area contributed by atoms with E-state index in [0.29, 0.717) is 5.56 Å². The van der Waals surface area contributed by atoms with Gasteiger partial charge in [0, 0.05) is 11.3 Å². The molecule has 0 fully saturated rings. The van der Waals surface area contributed by atoms with Crippen molar-refractivity contribution in [2.24, 2.45) is 0 Å². The van der Waals surface area contributed by atoms with Crippen LogP contribution in [0.5, 0.6) is 0 Å². The third-order valence-corrected chi connectivity index (χ3v) is 1.94. The van der Waals surface area contributed by atoms with Crippen LogP contribution in [0.3, 0.4) is 0 Å². The standard InChI is InChI=1S/C9H7BF3S/c1-2-3-7-4-8(10(11,12)13)6-9(14)5-7/h1,4-6,14H,3H2/q-1. The molecule has 0 spiro atoms.